The van der Waals surface area contributed by atoms with Gasteiger partial charge >= 0.3 is 0 Å². The molecule has 1 fully saturated rings. The van der Waals surface area contributed by atoms with Crippen molar-refractivity contribution in [2.24, 2.45) is 0 Å². The van der Waals surface area contributed by atoms with Gasteiger partial charge in [-0.2, -0.15) is 11.8 Å². The van der Waals surface area contributed by atoms with Crippen LogP contribution >= 0.6 is 23.4 Å². The predicted molar refractivity (Wildman–Crippen MR) is 67.2 cm³/mol. The van der Waals surface area contributed by atoms with Gasteiger partial charge in [0.1, 0.15) is 0 Å². The highest BCUT2D eigenvalue weighted by Gasteiger charge is 2.30. The molecule has 14 heavy (non-hydrogen) atoms. The molecule has 0 atom stereocenters. The van der Waals surface area contributed by atoms with Gasteiger partial charge in [-0.3, -0.25) is 0 Å². The molecule has 0 amide bonds. The van der Waals surface area contributed by atoms with Crippen molar-refractivity contribution in [1.29, 1.82) is 0 Å². The lowest BCUT2D eigenvalue weighted by atomic mass is 9.88. The quantitative estimate of drug-likeness (QED) is 0.781. The zero-order valence-electron chi connectivity index (χ0n) is 8.94. The summed E-state index contributed by atoms with van der Waals surface area (Å²) < 4.78 is 0.463. The van der Waals surface area contributed by atoms with Crippen molar-refractivity contribution in [2.45, 2.75) is 36.9 Å². The van der Waals surface area contributed by atoms with Crippen molar-refractivity contribution >= 4 is 23.4 Å². The van der Waals surface area contributed by atoms with Crippen molar-refractivity contribution in [1.82, 2.24) is 5.32 Å². The van der Waals surface area contributed by atoms with E-state index in [0.29, 0.717) is 9.78 Å². The van der Waals surface area contributed by atoms with Gasteiger partial charge in [0.05, 0.1) is 0 Å². The van der Waals surface area contributed by atoms with Crippen molar-refractivity contribution < 1.29 is 0 Å². The van der Waals surface area contributed by atoms with E-state index in [9.17, 15) is 0 Å². The van der Waals surface area contributed by atoms with Crippen LogP contribution in [-0.4, -0.2) is 24.1 Å². The Morgan fingerprint density at radius 1 is 1.43 bits per heavy atom. The lowest BCUT2D eigenvalue weighted by Gasteiger charge is -2.36. The topological polar surface area (TPSA) is 12.0 Å². The maximum Gasteiger partial charge on any atom is 0.0308 e. The molecule has 1 N–H and O–H groups in total. The van der Waals surface area contributed by atoms with E-state index in [2.05, 4.69) is 18.2 Å². The van der Waals surface area contributed by atoms with E-state index in [4.69, 9.17) is 11.6 Å². The van der Waals surface area contributed by atoms with Gasteiger partial charge in [-0.1, -0.05) is 37.4 Å². The number of nitrogens with one attached hydrogen (secondary N) is 1. The number of rotatable bonds is 5. The maximum absolute atomic E-state index is 5.72. The van der Waals surface area contributed by atoms with Crippen LogP contribution in [0.25, 0.3) is 0 Å². The van der Waals surface area contributed by atoms with Crippen molar-refractivity contribution in [3.8, 4) is 0 Å². The SMILES string of the molecule is C=C(Cl)CNCC1(SC)CCCCC1. The molecule has 0 bridgehead atoms. The highest BCUT2D eigenvalue weighted by molar-refractivity contribution is 8.00. The van der Waals surface area contributed by atoms with Crippen LogP contribution in [0.2, 0.25) is 0 Å². The highest BCUT2D eigenvalue weighted by atomic mass is 35.5. The zero-order valence-corrected chi connectivity index (χ0v) is 10.5. The number of halogens is 1. The molecule has 0 aromatic carbocycles. The molecule has 0 aromatic heterocycles. The summed E-state index contributed by atoms with van der Waals surface area (Å²) in [4.78, 5) is 0. The Balaban J connectivity index is 2.32. The van der Waals surface area contributed by atoms with Gasteiger partial charge in [0.2, 0.25) is 0 Å². The Morgan fingerprint density at radius 2 is 2.07 bits per heavy atom. The summed E-state index contributed by atoms with van der Waals surface area (Å²) in [7, 11) is 0. The fourth-order valence-electron chi connectivity index (χ4n) is 2.08. The van der Waals surface area contributed by atoms with Crippen LogP contribution in [0.15, 0.2) is 11.6 Å². The van der Waals surface area contributed by atoms with E-state index in [-0.39, 0.29) is 0 Å². The average molecular weight is 234 g/mol. The van der Waals surface area contributed by atoms with Gasteiger partial charge in [-0.25, -0.2) is 0 Å². The molecule has 1 rings (SSSR count). The minimum absolute atomic E-state index is 0.463. The van der Waals surface area contributed by atoms with Crippen LogP contribution in [0.3, 0.4) is 0 Å². The third kappa shape index (κ3) is 3.84. The Labute approximate surface area is 96.7 Å². The van der Waals surface area contributed by atoms with Crippen LogP contribution in [-0.2, 0) is 0 Å². The zero-order chi connectivity index (χ0) is 10.4. The molecule has 1 saturated carbocycles. The fourth-order valence-corrected chi connectivity index (χ4v) is 3.11. The molecule has 0 aromatic rings. The summed E-state index contributed by atoms with van der Waals surface area (Å²) in [5, 5.41) is 4.10. The van der Waals surface area contributed by atoms with E-state index in [1.54, 1.807) is 0 Å². The molecular weight excluding hydrogens is 214 g/mol. The molecule has 0 aliphatic heterocycles. The molecule has 3 heteroatoms. The third-order valence-corrected chi connectivity index (χ3v) is 4.51. The molecule has 0 heterocycles. The standard InChI is InChI=1S/C11H20ClNS/c1-10(12)8-13-9-11(14-2)6-4-3-5-7-11/h13H,1,3-9H2,2H3. The predicted octanol–water partition coefficient (Wildman–Crippen LogP) is 3.39. The molecule has 0 saturated heterocycles. The molecule has 0 spiro atoms. The Kier molecular flexibility index (Phi) is 5.35. The van der Waals surface area contributed by atoms with Crippen molar-refractivity contribution in [2.75, 3.05) is 19.3 Å². The minimum Gasteiger partial charge on any atom is -0.310 e. The Hall–Kier alpha value is 0.340. The van der Waals surface area contributed by atoms with Gasteiger partial charge in [-0.15, -0.1) is 0 Å². The van der Waals surface area contributed by atoms with Gasteiger partial charge < -0.3 is 5.32 Å². The second-order valence-electron chi connectivity index (χ2n) is 4.07. The molecular formula is C11H20ClNS. The monoisotopic (exact) mass is 233 g/mol. The lowest BCUT2D eigenvalue weighted by Crippen LogP contribution is -2.39. The first kappa shape index (κ1) is 12.4. The number of thioether (sulfide) groups is 1. The summed E-state index contributed by atoms with van der Waals surface area (Å²) in [6.07, 6.45) is 9.08. The first-order valence-electron chi connectivity index (χ1n) is 5.28. The molecule has 82 valence electrons. The summed E-state index contributed by atoms with van der Waals surface area (Å²) >= 11 is 7.73. The van der Waals surface area contributed by atoms with E-state index >= 15 is 0 Å². The fraction of sp³-hybridized carbons (Fsp3) is 0.818. The van der Waals surface area contributed by atoms with Crippen LogP contribution in [0.5, 0.6) is 0 Å². The molecule has 0 unspecified atom stereocenters. The van der Waals surface area contributed by atoms with Crippen LogP contribution in [0.4, 0.5) is 0 Å². The normalized spacial score (nSPS) is 20.7. The molecule has 1 aliphatic carbocycles. The molecule has 0 radical (unpaired) electrons. The minimum atomic E-state index is 0.463. The summed E-state index contributed by atoms with van der Waals surface area (Å²) in [5.41, 5.74) is 0. The average Bonchev–Trinajstić information content (AvgIpc) is 2.19. The largest absolute Gasteiger partial charge is 0.310 e. The first-order valence-corrected chi connectivity index (χ1v) is 6.88. The van der Waals surface area contributed by atoms with Gasteiger partial charge in [0.25, 0.3) is 0 Å². The van der Waals surface area contributed by atoms with Gasteiger partial charge in [-0.05, 0) is 19.1 Å². The summed E-state index contributed by atoms with van der Waals surface area (Å²) in [6, 6.07) is 0. The Morgan fingerprint density at radius 3 is 2.57 bits per heavy atom. The van der Waals surface area contributed by atoms with Crippen LogP contribution in [0.1, 0.15) is 32.1 Å². The summed E-state index contributed by atoms with van der Waals surface area (Å²) in [6.45, 7) is 5.49. The third-order valence-electron chi connectivity index (χ3n) is 2.96. The van der Waals surface area contributed by atoms with E-state index < -0.39 is 0 Å². The van der Waals surface area contributed by atoms with E-state index in [0.717, 1.165) is 13.1 Å². The van der Waals surface area contributed by atoms with Gasteiger partial charge in [0.15, 0.2) is 0 Å². The number of hydrogen-bond donors (Lipinski definition) is 1. The van der Waals surface area contributed by atoms with Crippen molar-refractivity contribution in [3.05, 3.63) is 11.6 Å². The first-order chi connectivity index (χ1) is 6.68. The summed E-state index contributed by atoms with van der Waals surface area (Å²) in [5.74, 6) is 0. The van der Waals surface area contributed by atoms with Crippen molar-refractivity contribution in [3.63, 3.8) is 0 Å². The van der Waals surface area contributed by atoms with E-state index in [1.807, 2.05) is 11.8 Å². The highest BCUT2D eigenvalue weighted by Crippen LogP contribution is 2.37. The Bertz CT molecular complexity index is 188. The number of hydrogen-bond acceptors (Lipinski definition) is 2. The molecule has 1 aliphatic rings. The maximum atomic E-state index is 5.72. The molecule has 1 nitrogen and oxygen atoms in total. The van der Waals surface area contributed by atoms with Crippen LogP contribution in [0, 0.1) is 0 Å². The van der Waals surface area contributed by atoms with E-state index in [1.165, 1.54) is 32.1 Å². The lowest BCUT2D eigenvalue weighted by molar-refractivity contribution is 0.384. The second-order valence-corrected chi connectivity index (χ2v) is 5.88. The van der Waals surface area contributed by atoms with Gasteiger partial charge in [0, 0.05) is 22.9 Å². The van der Waals surface area contributed by atoms with Crippen LogP contribution < -0.4 is 5.32 Å². The second kappa shape index (κ2) is 6.04. The smallest absolute Gasteiger partial charge is 0.0308 e.